The molecule has 2 amide bonds. The smallest absolute Gasteiger partial charge is 0.239 e. The van der Waals surface area contributed by atoms with Crippen LogP contribution in [0.1, 0.15) is 52.4 Å². The second-order valence-corrected chi connectivity index (χ2v) is 7.56. The first-order valence-corrected chi connectivity index (χ1v) is 9.92. The quantitative estimate of drug-likeness (QED) is 0.694. The lowest BCUT2D eigenvalue weighted by atomic mass is 9.83. The van der Waals surface area contributed by atoms with Gasteiger partial charge in [0.25, 0.3) is 0 Å². The molecule has 6 nitrogen and oxygen atoms in total. The number of hydrogen-bond donors (Lipinski definition) is 2. The van der Waals surface area contributed by atoms with Gasteiger partial charge in [-0.1, -0.05) is 12.8 Å². The average molecular weight is 354 g/mol. The van der Waals surface area contributed by atoms with Gasteiger partial charge in [-0.25, -0.2) is 0 Å². The van der Waals surface area contributed by atoms with Crippen LogP contribution in [0.25, 0.3) is 0 Å². The minimum atomic E-state index is -0.163. The van der Waals surface area contributed by atoms with Crippen molar-refractivity contribution < 1.29 is 14.3 Å². The van der Waals surface area contributed by atoms with E-state index in [-0.39, 0.29) is 24.4 Å². The zero-order chi connectivity index (χ0) is 18.1. The van der Waals surface area contributed by atoms with Crippen molar-refractivity contribution >= 4 is 11.8 Å². The third kappa shape index (κ3) is 7.32. The summed E-state index contributed by atoms with van der Waals surface area (Å²) in [5.41, 5.74) is 0. The Balaban J connectivity index is 1.81. The fourth-order valence-corrected chi connectivity index (χ4v) is 4.15. The molecule has 1 saturated heterocycles. The molecule has 0 radical (unpaired) electrons. The molecule has 0 bridgehead atoms. The first-order valence-electron chi connectivity index (χ1n) is 9.92. The SMILES string of the molecule is CCOC[C@@H]1CCCN(C[C@H]2CCCC[C@@H]2NC(=O)CNC(C)=O)C1. The molecule has 6 heteroatoms. The number of hydrogen-bond acceptors (Lipinski definition) is 4. The lowest BCUT2D eigenvalue weighted by Gasteiger charge is -2.39. The minimum absolute atomic E-state index is 0.0695. The van der Waals surface area contributed by atoms with Gasteiger partial charge in [0.2, 0.25) is 11.8 Å². The molecule has 3 atom stereocenters. The number of nitrogens with one attached hydrogen (secondary N) is 2. The van der Waals surface area contributed by atoms with Crippen LogP contribution in [0.5, 0.6) is 0 Å². The number of carbonyl (C=O) groups is 2. The average Bonchev–Trinajstić information content (AvgIpc) is 2.60. The van der Waals surface area contributed by atoms with Gasteiger partial charge in [0, 0.05) is 32.7 Å². The van der Waals surface area contributed by atoms with Crippen LogP contribution >= 0.6 is 0 Å². The second kappa shape index (κ2) is 10.8. The molecule has 1 heterocycles. The van der Waals surface area contributed by atoms with Gasteiger partial charge < -0.3 is 20.3 Å². The predicted molar refractivity (Wildman–Crippen MR) is 98.2 cm³/mol. The Hall–Kier alpha value is -1.14. The number of amides is 2. The van der Waals surface area contributed by atoms with Crippen molar-refractivity contribution in [2.24, 2.45) is 11.8 Å². The molecule has 0 spiro atoms. The normalized spacial score (nSPS) is 27.7. The highest BCUT2D eigenvalue weighted by atomic mass is 16.5. The van der Waals surface area contributed by atoms with Crippen LogP contribution in [-0.2, 0) is 14.3 Å². The summed E-state index contributed by atoms with van der Waals surface area (Å²) in [6.07, 6.45) is 7.15. The van der Waals surface area contributed by atoms with Gasteiger partial charge in [0.15, 0.2) is 0 Å². The highest BCUT2D eigenvalue weighted by molar-refractivity contribution is 5.83. The van der Waals surface area contributed by atoms with Crippen LogP contribution in [0.3, 0.4) is 0 Å². The van der Waals surface area contributed by atoms with Crippen LogP contribution in [0, 0.1) is 11.8 Å². The summed E-state index contributed by atoms with van der Waals surface area (Å²) in [7, 11) is 0. The van der Waals surface area contributed by atoms with E-state index in [1.165, 1.54) is 39.0 Å². The van der Waals surface area contributed by atoms with Gasteiger partial charge in [-0.15, -0.1) is 0 Å². The number of rotatable bonds is 8. The van der Waals surface area contributed by atoms with Gasteiger partial charge in [0.1, 0.15) is 0 Å². The first-order chi connectivity index (χ1) is 12.1. The summed E-state index contributed by atoms with van der Waals surface area (Å²) in [5.74, 6) is 0.926. The maximum absolute atomic E-state index is 12.1. The Morgan fingerprint density at radius 2 is 1.96 bits per heavy atom. The Morgan fingerprint density at radius 1 is 1.16 bits per heavy atom. The Kier molecular flexibility index (Phi) is 8.68. The number of carbonyl (C=O) groups excluding carboxylic acids is 2. The molecular formula is C19H35N3O3. The molecule has 2 N–H and O–H groups in total. The molecule has 1 aliphatic carbocycles. The zero-order valence-corrected chi connectivity index (χ0v) is 15.9. The van der Waals surface area contributed by atoms with Crippen molar-refractivity contribution in [3.05, 3.63) is 0 Å². The van der Waals surface area contributed by atoms with Crippen molar-refractivity contribution in [2.75, 3.05) is 39.4 Å². The first kappa shape index (κ1) is 20.2. The molecule has 25 heavy (non-hydrogen) atoms. The molecule has 1 aliphatic heterocycles. The number of ether oxygens (including phenoxy) is 1. The van der Waals surface area contributed by atoms with E-state index in [0.717, 1.165) is 39.3 Å². The largest absolute Gasteiger partial charge is 0.381 e. The molecule has 2 aliphatic rings. The summed E-state index contributed by atoms with van der Waals surface area (Å²) in [6.45, 7) is 8.57. The van der Waals surface area contributed by atoms with E-state index >= 15 is 0 Å². The Labute approximate surface area is 152 Å². The van der Waals surface area contributed by atoms with Crippen LogP contribution in [0.15, 0.2) is 0 Å². The van der Waals surface area contributed by atoms with E-state index in [1.54, 1.807) is 0 Å². The van der Waals surface area contributed by atoms with Crippen molar-refractivity contribution in [1.29, 1.82) is 0 Å². The van der Waals surface area contributed by atoms with Gasteiger partial charge in [-0.2, -0.15) is 0 Å². The van der Waals surface area contributed by atoms with Crippen LogP contribution in [0.2, 0.25) is 0 Å². The van der Waals surface area contributed by atoms with Crippen molar-refractivity contribution in [1.82, 2.24) is 15.5 Å². The van der Waals surface area contributed by atoms with E-state index < -0.39 is 0 Å². The van der Waals surface area contributed by atoms with Crippen LogP contribution in [0.4, 0.5) is 0 Å². The highest BCUT2D eigenvalue weighted by Crippen LogP contribution is 2.27. The molecular weight excluding hydrogens is 318 g/mol. The number of likely N-dealkylation sites (tertiary alicyclic amines) is 1. The molecule has 0 aromatic heterocycles. The maximum Gasteiger partial charge on any atom is 0.239 e. The van der Waals surface area contributed by atoms with E-state index in [9.17, 15) is 9.59 Å². The third-order valence-electron chi connectivity index (χ3n) is 5.41. The molecule has 0 unspecified atom stereocenters. The van der Waals surface area contributed by atoms with E-state index in [4.69, 9.17) is 4.74 Å². The summed E-state index contributed by atoms with van der Waals surface area (Å²) >= 11 is 0. The lowest BCUT2D eigenvalue weighted by molar-refractivity contribution is -0.125. The topological polar surface area (TPSA) is 70.7 Å². The van der Waals surface area contributed by atoms with E-state index in [1.807, 2.05) is 0 Å². The van der Waals surface area contributed by atoms with Gasteiger partial charge in [-0.05, 0) is 51.0 Å². The van der Waals surface area contributed by atoms with Crippen molar-refractivity contribution in [3.8, 4) is 0 Å². The molecule has 0 aromatic carbocycles. The standard InChI is InChI=1S/C19H35N3O3/c1-3-25-14-16-7-6-10-22(12-16)13-17-8-4-5-9-18(17)21-19(24)11-20-15(2)23/h16-18H,3-14H2,1-2H3,(H,20,23)(H,21,24)/t16-,17-,18+/m1/s1. The summed E-state index contributed by atoms with van der Waals surface area (Å²) in [5, 5.41) is 5.74. The fourth-order valence-electron chi connectivity index (χ4n) is 4.15. The summed E-state index contributed by atoms with van der Waals surface area (Å²) in [6, 6.07) is 0.238. The van der Waals surface area contributed by atoms with E-state index in [2.05, 4.69) is 22.5 Å². The monoisotopic (exact) mass is 353 g/mol. The molecule has 144 valence electrons. The fraction of sp³-hybridized carbons (Fsp3) is 0.895. The van der Waals surface area contributed by atoms with Gasteiger partial charge in [0.05, 0.1) is 13.2 Å². The lowest BCUT2D eigenvalue weighted by Crippen LogP contribution is -2.50. The van der Waals surface area contributed by atoms with Gasteiger partial charge in [-0.3, -0.25) is 9.59 Å². The number of nitrogens with zero attached hydrogens (tertiary/aromatic N) is 1. The summed E-state index contributed by atoms with van der Waals surface area (Å²) < 4.78 is 5.61. The summed E-state index contributed by atoms with van der Waals surface area (Å²) in [4.78, 5) is 25.6. The van der Waals surface area contributed by atoms with E-state index in [0.29, 0.717) is 11.8 Å². The van der Waals surface area contributed by atoms with Crippen molar-refractivity contribution in [3.63, 3.8) is 0 Å². The maximum atomic E-state index is 12.1. The number of piperidine rings is 1. The van der Waals surface area contributed by atoms with Crippen LogP contribution < -0.4 is 10.6 Å². The second-order valence-electron chi connectivity index (χ2n) is 7.56. The Morgan fingerprint density at radius 3 is 2.72 bits per heavy atom. The molecule has 1 saturated carbocycles. The van der Waals surface area contributed by atoms with Gasteiger partial charge >= 0.3 is 0 Å². The van der Waals surface area contributed by atoms with Crippen molar-refractivity contribution in [2.45, 2.75) is 58.4 Å². The van der Waals surface area contributed by atoms with Crippen LogP contribution in [-0.4, -0.2) is 62.1 Å². The predicted octanol–water partition coefficient (Wildman–Crippen LogP) is 1.55. The zero-order valence-electron chi connectivity index (χ0n) is 15.9. The third-order valence-corrected chi connectivity index (χ3v) is 5.41. The Bertz CT molecular complexity index is 430. The molecule has 0 aromatic rings. The minimum Gasteiger partial charge on any atom is -0.381 e. The molecule has 2 fully saturated rings. The molecule has 2 rings (SSSR count). The highest BCUT2D eigenvalue weighted by Gasteiger charge is 2.30.